The summed E-state index contributed by atoms with van der Waals surface area (Å²) in [4.78, 5) is 43.9. The molecular weight excluding hydrogens is 483 g/mol. The van der Waals surface area contributed by atoms with Crippen molar-refractivity contribution in [3.05, 3.63) is 74.3 Å². The predicted molar refractivity (Wildman–Crippen MR) is 137 cm³/mol. The number of hydrogen-bond acceptors (Lipinski definition) is 6. The molecule has 190 valence electrons. The molecule has 36 heavy (non-hydrogen) atoms. The Morgan fingerprint density at radius 3 is 2.36 bits per heavy atom. The lowest BCUT2D eigenvalue weighted by molar-refractivity contribution is 0.0921. The van der Waals surface area contributed by atoms with E-state index >= 15 is 0 Å². The molecule has 8 nitrogen and oxygen atoms in total. The lowest BCUT2D eigenvalue weighted by Gasteiger charge is -2.31. The number of nitrogens with zero attached hydrogens (tertiary/aromatic N) is 3. The first-order valence-corrected chi connectivity index (χ1v) is 13.5. The van der Waals surface area contributed by atoms with Crippen LogP contribution in [0.5, 0.6) is 0 Å². The van der Waals surface area contributed by atoms with E-state index in [9.17, 15) is 23.9 Å². The number of carbonyl (C=O) groups excluding carboxylic acids is 1. The first-order valence-electron chi connectivity index (χ1n) is 12.4. The number of fused-ring (bicyclic) bond motifs is 1. The number of amides is 1. The second-order valence-electron chi connectivity index (χ2n) is 9.53. The van der Waals surface area contributed by atoms with E-state index < -0.39 is 11.4 Å². The fourth-order valence-corrected chi connectivity index (χ4v) is 6.39. The number of carbonyl (C=O) groups is 1. The van der Waals surface area contributed by atoms with E-state index in [1.54, 1.807) is 28.8 Å². The van der Waals surface area contributed by atoms with Gasteiger partial charge in [-0.3, -0.25) is 18.7 Å². The van der Waals surface area contributed by atoms with E-state index in [4.69, 9.17) is 0 Å². The van der Waals surface area contributed by atoms with Crippen molar-refractivity contribution in [3.63, 3.8) is 0 Å². The fourth-order valence-electron chi connectivity index (χ4n) is 5.31. The molecule has 1 saturated heterocycles. The van der Waals surface area contributed by atoms with Gasteiger partial charge in [-0.05, 0) is 73.8 Å². The van der Waals surface area contributed by atoms with Crippen LogP contribution in [0.2, 0.25) is 0 Å². The Balaban J connectivity index is 1.39. The van der Waals surface area contributed by atoms with Crippen molar-refractivity contribution in [2.24, 2.45) is 0 Å². The molecule has 1 aliphatic heterocycles. The van der Waals surface area contributed by atoms with E-state index in [1.165, 1.54) is 10.6 Å². The van der Waals surface area contributed by atoms with Crippen LogP contribution in [0.3, 0.4) is 0 Å². The summed E-state index contributed by atoms with van der Waals surface area (Å²) in [7, 11) is 0. The zero-order chi connectivity index (χ0) is 25.2. The summed E-state index contributed by atoms with van der Waals surface area (Å²) >= 11 is 1.84. The second-order valence-corrected chi connectivity index (χ2v) is 10.8. The van der Waals surface area contributed by atoms with Crippen LogP contribution in [0, 0.1) is 5.82 Å². The van der Waals surface area contributed by atoms with Gasteiger partial charge in [0, 0.05) is 23.7 Å². The summed E-state index contributed by atoms with van der Waals surface area (Å²) < 4.78 is 17.0. The number of nitrogens with one attached hydrogen (secondary N) is 1. The summed E-state index contributed by atoms with van der Waals surface area (Å²) in [6, 6.07) is 7.51. The van der Waals surface area contributed by atoms with Crippen molar-refractivity contribution in [3.8, 4) is 0 Å². The van der Waals surface area contributed by atoms with Gasteiger partial charge < -0.3 is 10.4 Å². The minimum Gasteiger partial charge on any atom is -0.392 e. The lowest BCUT2D eigenvalue weighted by atomic mass is 9.90. The molecule has 2 aromatic heterocycles. The van der Waals surface area contributed by atoms with Crippen LogP contribution in [0.4, 0.5) is 4.39 Å². The number of hydrogen-bond donors (Lipinski definition) is 2. The van der Waals surface area contributed by atoms with Gasteiger partial charge in [-0.2, -0.15) is 11.8 Å². The first kappa shape index (κ1) is 24.7. The highest BCUT2D eigenvalue weighted by molar-refractivity contribution is 7.99. The molecule has 10 heteroatoms. The molecule has 0 bridgehead atoms. The third-order valence-electron chi connectivity index (χ3n) is 7.27. The standard InChI is InChI=1S/C26H29FN4O4S/c27-18-13-22-23(28-14-18)30(21-9-11-36-12-10-21)26(35)31(25(22)34)20-7-5-19(6-8-20)29-24(33)17-3-1-16(15-32)2-4-17/h1-4,13-14,19-21,32H,5-12,15H2,(H,29,33)/t19-,20+. The Bertz CT molecular complexity index is 1370. The van der Waals surface area contributed by atoms with Gasteiger partial charge in [-0.1, -0.05) is 12.1 Å². The van der Waals surface area contributed by atoms with Gasteiger partial charge in [0.2, 0.25) is 0 Å². The summed E-state index contributed by atoms with van der Waals surface area (Å²) in [5.74, 6) is 1.05. The van der Waals surface area contributed by atoms with Gasteiger partial charge in [0.25, 0.3) is 11.5 Å². The number of aliphatic hydroxyl groups excluding tert-OH is 1. The van der Waals surface area contributed by atoms with Crippen molar-refractivity contribution in [1.82, 2.24) is 19.4 Å². The van der Waals surface area contributed by atoms with Crippen LogP contribution < -0.4 is 16.6 Å². The maximum Gasteiger partial charge on any atom is 0.333 e. The van der Waals surface area contributed by atoms with Gasteiger partial charge in [0.05, 0.1) is 18.2 Å². The van der Waals surface area contributed by atoms with Crippen molar-refractivity contribution in [2.75, 3.05) is 11.5 Å². The van der Waals surface area contributed by atoms with Crippen LogP contribution in [0.15, 0.2) is 46.1 Å². The van der Waals surface area contributed by atoms with Gasteiger partial charge in [-0.15, -0.1) is 0 Å². The lowest BCUT2D eigenvalue weighted by Crippen LogP contribution is -2.46. The number of aliphatic hydroxyl groups is 1. The molecule has 1 saturated carbocycles. The molecule has 0 atom stereocenters. The molecule has 3 aromatic rings. The van der Waals surface area contributed by atoms with Crippen LogP contribution in [-0.4, -0.2) is 42.7 Å². The van der Waals surface area contributed by atoms with E-state index in [2.05, 4.69) is 10.3 Å². The first-order chi connectivity index (χ1) is 17.5. The van der Waals surface area contributed by atoms with Crippen molar-refractivity contribution in [1.29, 1.82) is 0 Å². The highest BCUT2D eigenvalue weighted by Crippen LogP contribution is 2.30. The summed E-state index contributed by atoms with van der Waals surface area (Å²) in [6.07, 6.45) is 5.01. The van der Waals surface area contributed by atoms with Crippen molar-refractivity contribution in [2.45, 2.75) is 63.3 Å². The highest BCUT2D eigenvalue weighted by atomic mass is 32.2. The fraction of sp³-hybridized carbons (Fsp3) is 0.462. The molecule has 2 aliphatic rings. The van der Waals surface area contributed by atoms with Crippen LogP contribution in [0.25, 0.3) is 11.0 Å². The second kappa shape index (κ2) is 10.6. The maximum atomic E-state index is 14.1. The van der Waals surface area contributed by atoms with E-state index in [0.717, 1.165) is 36.1 Å². The highest BCUT2D eigenvalue weighted by Gasteiger charge is 2.29. The van der Waals surface area contributed by atoms with Crippen LogP contribution >= 0.6 is 11.8 Å². The van der Waals surface area contributed by atoms with E-state index in [1.807, 2.05) is 11.8 Å². The largest absolute Gasteiger partial charge is 0.392 e. The van der Waals surface area contributed by atoms with Crippen molar-refractivity contribution < 1.29 is 14.3 Å². The van der Waals surface area contributed by atoms with Gasteiger partial charge in [-0.25, -0.2) is 14.2 Å². The Hall–Kier alpha value is -2.98. The molecule has 1 aromatic carbocycles. The number of rotatable bonds is 5. The molecule has 0 unspecified atom stereocenters. The zero-order valence-electron chi connectivity index (χ0n) is 19.9. The average molecular weight is 513 g/mol. The molecule has 5 rings (SSSR count). The molecule has 3 heterocycles. The Morgan fingerprint density at radius 1 is 1.03 bits per heavy atom. The van der Waals surface area contributed by atoms with Gasteiger partial charge >= 0.3 is 5.69 Å². The molecule has 0 radical (unpaired) electrons. The number of pyridine rings is 1. The number of thioether (sulfide) groups is 1. The topological polar surface area (TPSA) is 106 Å². The third kappa shape index (κ3) is 4.84. The SMILES string of the molecule is O=C(N[C@H]1CC[C@@H](n2c(=O)c3cc(F)cnc3n(C3CCSCC3)c2=O)CC1)c1ccc(CO)cc1. The third-order valence-corrected chi connectivity index (χ3v) is 8.32. The molecule has 2 fully saturated rings. The minimum absolute atomic E-state index is 0.0702. The quantitative estimate of drug-likeness (QED) is 0.544. The number of benzene rings is 1. The van der Waals surface area contributed by atoms with Crippen LogP contribution in [0.1, 0.15) is 66.5 Å². The van der Waals surface area contributed by atoms with E-state index in [-0.39, 0.29) is 47.4 Å². The molecular formula is C26H29FN4O4S. The summed E-state index contributed by atoms with van der Waals surface area (Å²) in [5.41, 5.74) is 0.635. The molecule has 1 amide bonds. The van der Waals surface area contributed by atoms with E-state index in [0.29, 0.717) is 31.2 Å². The summed E-state index contributed by atoms with van der Waals surface area (Å²) in [6.45, 7) is -0.0792. The Morgan fingerprint density at radius 2 is 1.69 bits per heavy atom. The number of aromatic nitrogens is 3. The maximum absolute atomic E-state index is 14.1. The normalized spacial score (nSPS) is 20.9. The van der Waals surface area contributed by atoms with Gasteiger partial charge in [0.15, 0.2) is 0 Å². The molecule has 2 N–H and O–H groups in total. The monoisotopic (exact) mass is 512 g/mol. The molecule has 0 spiro atoms. The Kier molecular flexibility index (Phi) is 7.25. The summed E-state index contributed by atoms with van der Waals surface area (Å²) in [5, 5.41) is 12.4. The zero-order valence-corrected chi connectivity index (χ0v) is 20.7. The molecule has 1 aliphatic carbocycles. The van der Waals surface area contributed by atoms with Crippen LogP contribution in [-0.2, 0) is 6.61 Å². The minimum atomic E-state index is -0.603. The van der Waals surface area contributed by atoms with Gasteiger partial charge in [0.1, 0.15) is 11.5 Å². The van der Waals surface area contributed by atoms with Crippen molar-refractivity contribution >= 4 is 28.7 Å². The smallest absolute Gasteiger partial charge is 0.333 e. The Labute approximate surface area is 211 Å². The number of halogens is 1. The predicted octanol–water partition coefficient (Wildman–Crippen LogP) is 3.17. The average Bonchev–Trinajstić information content (AvgIpc) is 2.91.